The van der Waals surface area contributed by atoms with Crippen molar-refractivity contribution in [3.05, 3.63) is 50.9 Å². The van der Waals surface area contributed by atoms with Crippen LogP contribution in [-0.4, -0.2) is 23.3 Å². The molecule has 2 rings (SSSR count). The Morgan fingerprint density at radius 3 is 2.50 bits per heavy atom. The number of carbonyl (C=O) groups excluding carboxylic acids is 2. The van der Waals surface area contributed by atoms with E-state index in [4.69, 9.17) is 11.6 Å². The molecule has 0 spiro atoms. The summed E-state index contributed by atoms with van der Waals surface area (Å²) in [6.07, 6.45) is 0. The van der Waals surface area contributed by atoms with Gasteiger partial charge in [-0.05, 0) is 6.92 Å². The number of rotatable bonds is 5. The normalized spacial score (nSPS) is 11.3. The average molecular weight is 346 g/mol. The average Bonchev–Trinajstić information content (AvgIpc) is 2.92. The van der Waals surface area contributed by atoms with Gasteiger partial charge in [0.15, 0.2) is 16.9 Å². The van der Waals surface area contributed by atoms with E-state index in [1.807, 2.05) is 6.92 Å². The quantitative estimate of drug-likeness (QED) is 0.613. The number of ether oxygens (including phenoxy) is 1. The van der Waals surface area contributed by atoms with Crippen LogP contribution >= 0.6 is 22.9 Å². The molecule has 22 heavy (non-hydrogen) atoms. The van der Waals surface area contributed by atoms with E-state index in [0.29, 0.717) is 0 Å². The molecule has 0 saturated heterocycles. The molecule has 0 unspecified atom stereocenters. The van der Waals surface area contributed by atoms with Crippen molar-refractivity contribution in [2.45, 2.75) is 12.8 Å². The molecule has 0 radical (unpaired) electrons. The molecule has 0 saturated carbocycles. The maximum atomic E-state index is 13.8. The van der Waals surface area contributed by atoms with Gasteiger partial charge < -0.3 is 4.74 Å². The van der Waals surface area contributed by atoms with Gasteiger partial charge in [0, 0.05) is 10.9 Å². The van der Waals surface area contributed by atoms with E-state index in [2.05, 4.69) is 9.72 Å². The minimum absolute atomic E-state index is 0.113. The van der Waals surface area contributed by atoms with Crippen LogP contribution in [0, 0.1) is 6.92 Å². The summed E-state index contributed by atoms with van der Waals surface area (Å²) in [5, 5.41) is 0.964. The first-order valence-electron chi connectivity index (χ1n) is 6.07. The zero-order chi connectivity index (χ0) is 16.3. The SMILES string of the molecule is Cc1ccc(C(=O)COC(=O)C(F)(F)c2csc(Cl)n2)cc1. The van der Waals surface area contributed by atoms with Crippen LogP contribution in [0.3, 0.4) is 0 Å². The molecule has 0 aliphatic heterocycles. The summed E-state index contributed by atoms with van der Waals surface area (Å²) in [7, 11) is 0. The van der Waals surface area contributed by atoms with Crippen LogP contribution in [0.15, 0.2) is 29.6 Å². The molecule has 2 aromatic rings. The van der Waals surface area contributed by atoms with Crippen LogP contribution in [0.4, 0.5) is 8.78 Å². The number of carbonyl (C=O) groups is 2. The topological polar surface area (TPSA) is 56.3 Å². The Labute approximate surface area is 133 Å². The van der Waals surface area contributed by atoms with Gasteiger partial charge in [0.05, 0.1) is 0 Å². The van der Waals surface area contributed by atoms with Gasteiger partial charge in [0.25, 0.3) is 0 Å². The number of hydrogen-bond donors (Lipinski definition) is 0. The predicted octanol–water partition coefficient (Wildman–Crippen LogP) is 3.62. The third-order valence-electron chi connectivity index (χ3n) is 2.76. The molecule has 1 aromatic carbocycles. The van der Waals surface area contributed by atoms with E-state index < -0.39 is 30.0 Å². The lowest BCUT2D eigenvalue weighted by molar-refractivity contribution is -0.172. The van der Waals surface area contributed by atoms with E-state index in [1.165, 1.54) is 12.1 Å². The van der Waals surface area contributed by atoms with Crippen LogP contribution in [0.2, 0.25) is 4.47 Å². The van der Waals surface area contributed by atoms with Crippen molar-refractivity contribution in [1.29, 1.82) is 0 Å². The Kier molecular flexibility index (Phi) is 4.87. The number of halogens is 3. The van der Waals surface area contributed by atoms with Gasteiger partial charge in [-0.1, -0.05) is 41.4 Å². The number of esters is 1. The number of aryl methyl sites for hydroxylation is 1. The Balaban J connectivity index is 2.00. The fourth-order valence-corrected chi connectivity index (χ4v) is 2.33. The minimum Gasteiger partial charge on any atom is -0.453 e. The second kappa shape index (κ2) is 6.50. The number of ketones is 1. The Hall–Kier alpha value is -1.86. The highest BCUT2D eigenvalue weighted by molar-refractivity contribution is 7.14. The van der Waals surface area contributed by atoms with Gasteiger partial charge in [-0.25, -0.2) is 9.78 Å². The lowest BCUT2D eigenvalue weighted by Gasteiger charge is -2.12. The Morgan fingerprint density at radius 2 is 1.95 bits per heavy atom. The van der Waals surface area contributed by atoms with Gasteiger partial charge >= 0.3 is 11.9 Å². The lowest BCUT2D eigenvalue weighted by atomic mass is 10.1. The molecule has 1 heterocycles. The molecule has 8 heteroatoms. The van der Waals surface area contributed by atoms with Gasteiger partial charge in [0.1, 0.15) is 5.69 Å². The summed E-state index contributed by atoms with van der Waals surface area (Å²) < 4.78 is 31.8. The fraction of sp³-hybridized carbons (Fsp3) is 0.214. The molecular formula is C14H10ClF2NO3S. The summed E-state index contributed by atoms with van der Waals surface area (Å²) in [5.41, 5.74) is 0.425. The first-order valence-corrected chi connectivity index (χ1v) is 7.33. The second-order valence-electron chi connectivity index (χ2n) is 4.43. The molecule has 0 amide bonds. The summed E-state index contributed by atoms with van der Waals surface area (Å²) in [6.45, 7) is 1.07. The molecule has 4 nitrogen and oxygen atoms in total. The van der Waals surface area contributed by atoms with Crippen molar-refractivity contribution in [3.63, 3.8) is 0 Å². The smallest absolute Gasteiger partial charge is 0.385 e. The Morgan fingerprint density at radius 1 is 1.32 bits per heavy atom. The van der Waals surface area contributed by atoms with Crippen molar-refractivity contribution >= 4 is 34.7 Å². The maximum absolute atomic E-state index is 13.8. The third kappa shape index (κ3) is 3.66. The monoisotopic (exact) mass is 345 g/mol. The molecule has 0 N–H and O–H groups in total. The number of nitrogens with zero attached hydrogens (tertiary/aromatic N) is 1. The summed E-state index contributed by atoms with van der Waals surface area (Å²) >= 11 is 6.23. The summed E-state index contributed by atoms with van der Waals surface area (Å²) in [4.78, 5) is 26.6. The first-order chi connectivity index (χ1) is 10.3. The minimum atomic E-state index is -3.95. The highest BCUT2D eigenvalue weighted by Crippen LogP contribution is 2.31. The number of benzene rings is 1. The zero-order valence-electron chi connectivity index (χ0n) is 11.3. The highest BCUT2D eigenvalue weighted by Gasteiger charge is 2.45. The molecule has 0 aliphatic rings. The molecule has 0 atom stereocenters. The predicted molar refractivity (Wildman–Crippen MR) is 77.5 cm³/mol. The van der Waals surface area contributed by atoms with Crippen LogP contribution < -0.4 is 0 Å². The van der Waals surface area contributed by atoms with E-state index >= 15 is 0 Å². The number of alkyl halides is 2. The van der Waals surface area contributed by atoms with Gasteiger partial charge in [0.2, 0.25) is 0 Å². The van der Waals surface area contributed by atoms with Crippen molar-refractivity contribution in [2.75, 3.05) is 6.61 Å². The number of hydrogen-bond acceptors (Lipinski definition) is 5. The van der Waals surface area contributed by atoms with Crippen LogP contribution in [-0.2, 0) is 15.5 Å². The van der Waals surface area contributed by atoms with Crippen LogP contribution in [0.25, 0.3) is 0 Å². The van der Waals surface area contributed by atoms with Crippen molar-refractivity contribution in [1.82, 2.24) is 4.98 Å². The molecule has 0 fully saturated rings. The third-order valence-corrected chi connectivity index (χ3v) is 3.74. The molecule has 116 valence electrons. The lowest BCUT2D eigenvalue weighted by Crippen LogP contribution is -2.30. The van der Waals surface area contributed by atoms with Crippen LogP contribution in [0.1, 0.15) is 21.6 Å². The van der Waals surface area contributed by atoms with E-state index in [-0.39, 0.29) is 10.0 Å². The first kappa shape index (κ1) is 16.5. The van der Waals surface area contributed by atoms with E-state index in [1.54, 1.807) is 12.1 Å². The standard InChI is InChI=1S/C14H10ClF2NO3S/c1-8-2-4-9(5-3-8)10(19)6-21-12(20)14(16,17)11-7-22-13(15)18-11/h2-5,7H,6H2,1H3. The van der Waals surface area contributed by atoms with Gasteiger partial charge in [-0.15, -0.1) is 11.3 Å². The van der Waals surface area contributed by atoms with Crippen molar-refractivity contribution in [2.24, 2.45) is 0 Å². The summed E-state index contributed by atoms with van der Waals surface area (Å²) in [6, 6.07) is 6.45. The Bertz CT molecular complexity index is 700. The second-order valence-corrected chi connectivity index (χ2v) is 5.87. The fourth-order valence-electron chi connectivity index (χ4n) is 1.55. The number of thiazole rings is 1. The zero-order valence-corrected chi connectivity index (χ0v) is 12.9. The van der Waals surface area contributed by atoms with E-state index in [9.17, 15) is 18.4 Å². The highest BCUT2D eigenvalue weighted by atomic mass is 35.5. The molecule has 0 bridgehead atoms. The van der Waals surface area contributed by atoms with E-state index in [0.717, 1.165) is 22.3 Å². The maximum Gasteiger partial charge on any atom is 0.385 e. The molecule has 0 aliphatic carbocycles. The number of aromatic nitrogens is 1. The van der Waals surface area contributed by atoms with Crippen molar-refractivity contribution in [3.8, 4) is 0 Å². The van der Waals surface area contributed by atoms with Crippen LogP contribution in [0.5, 0.6) is 0 Å². The largest absolute Gasteiger partial charge is 0.453 e. The van der Waals surface area contributed by atoms with Crippen molar-refractivity contribution < 1.29 is 23.1 Å². The molecule has 1 aromatic heterocycles. The van der Waals surface area contributed by atoms with Gasteiger partial charge in [-0.3, -0.25) is 4.79 Å². The molecular weight excluding hydrogens is 336 g/mol. The number of Topliss-reactive ketones (excluding diaryl/α,β-unsaturated/α-hetero) is 1. The summed E-state index contributed by atoms with van der Waals surface area (Å²) in [5.74, 6) is -6.35. The van der Waals surface area contributed by atoms with Gasteiger partial charge in [-0.2, -0.15) is 8.78 Å².